The lowest BCUT2D eigenvalue weighted by Gasteiger charge is -2.12. The number of benzene rings is 1. The van der Waals surface area contributed by atoms with Gasteiger partial charge in [0.05, 0.1) is 40.5 Å². The molecule has 0 saturated carbocycles. The van der Waals surface area contributed by atoms with E-state index in [-0.39, 0.29) is 5.82 Å². The highest BCUT2D eigenvalue weighted by Crippen LogP contribution is 2.34. The van der Waals surface area contributed by atoms with Crippen LogP contribution in [0.4, 0.5) is 10.1 Å². The first kappa shape index (κ1) is 20.0. The maximum Gasteiger partial charge on any atom is 0.135 e. The molecule has 6 rings (SSSR count). The highest BCUT2D eigenvalue weighted by molar-refractivity contribution is 6.00. The number of pyridine rings is 3. The number of aromatic nitrogens is 6. The highest BCUT2D eigenvalue weighted by Gasteiger charge is 2.17. The Morgan fingerprint density at radius 2 is 1.71 bits per heavy atom. The number of anilines is 1. The molecule has 7 nitrogen and oxygen atoms in total. The van der Waals surface area contributed by atoms with E-state index in [0.717, 1.165) is 50.1 Å². The van der Waals surface area contributed by atoms with Crippen LogP contribution in [0.2, 0.25) is 0 Å². The standard InChI is InChI=1S/C26H20FN7/c1-34(2)16-9-15(11-28-12-16)21-7-8-22-25(31-21)26(33-32-22)23-10-18-19(13-29-14-24(18)30-23)17-5-3-4-6-20(17)27/h3-14,30H,1-2H3,(H,32,33). The van der Waals surface area contributed by atoms with E-state index in [1.54, 1.807) is 30.7 Å². The van der Waals surface area contributed by atoms with Crippen LogP contribution < -0.4 is 4.90 Å². The first-order chi connectivity index (χ1) is 16.6. The minimum atomic E-state index is -0.287. The van der Waals surface area contributed by atoms with Crippen molar-refractivity contribution in [2.45, 2.75) is 0 Å². The van der Waals surface area contributed by atoms with Gasteiger partial charge in [0.15, 0.2) is 0 Å². The molecule has 0 spiro atoms. The second-order valence-corrected chi connectivity index (χ2v) is 8.30. The number of H-pyrrole nitrogens is 2. The van der Waals surface area contributed by atoms with Gasteiger partial charge in [-0.3, -0.25) is 15.1 Å². The Bertz CT molecular complexity index is 1670. The van der Waals surface area contributed by atoms with Gasteiger partial charge in [-0.25, -0.2) is 9.37 Å². The smallest absolute Gasteiger partial charge is 0.135 e. The lowest BCUT2D eigenvalue weighted by Crippen LogP contribution is -2.08. The van der Waals surface area contributed by atoms with Crippen LogP contribution in [0.1, 0.15) is 0 Å². The molecular formula is C26H20FN7. The minimum absolute atomic E-state index is 0.287. The second kappa shape index (κ2) is 7.77. The monoisotopic (exact) mass is 449 g/mol. The Kier molecular flexibility index (Phi) is 4.58. The topological polar surface area (TPSA) is 86.4 Å². The lowest BCUT2D eigenvalue weighted by atomic mass is 10.0. The third-order valence-electron chi connectivity index (χ3n) is 5.91. The van der Waals surface area contributed by atoms with Crippen molar-refractivity contribution >= 4 is 27.6 Å². The minimum Gasteiger partial charge on any atom is -0.376 e. The van der Waals surface area contributed by atoms with Crippen LogP contribution >= 0.6 is 0 Å². The van der Waals surface area contributed by atoms with Gasteiger partial charge in [-0.15, -0.1) is 0 Å². The van der Waals surface area contributed by atoms with Gasteiger partial charge in [0.25, 0.3) is 0 Å². The maximum atomic E-state index is 14.5. The fraction of sp³-hybridized carbons (Fsp3) is 0.0769. The van der Waals surface area contributed by atoms with Crippen molar-refractivity contribution in [1.29, 1.82) is 0 Å². The van der Waals surface area contributed by atoms with Gasteiger partial charge in [-0.05, 0) is 30.3 Å². The Morgan fingerprint density at radius 3 is 2.56 bits per heavy atom. The van der Waals surface area contributed by atoms with E-state index in [0.29, 0.717) is 11.3 Å². The van der Waals surface area contributed by atoms with Crippen molar-refractivity contribution in [3.8, 4) is 33.8 Å². The van der Waals surface area contributed by atoms with Crippen molar-refractivity contribution < 1.29 is 4.39 Å². The van der Waals surface area contributed by atoms with E-state index in [1.165, 1.54) is 6.07 Å². The molecule has 0 unspecified atom stereocenters. The number of aromatic amines is 2. The van der Waals surface area contributed by atoms with Gasteiger partial charge in [-0.1, -0.05) is 18.2 Å². The number of nitrogens with zero attached hydrogens (tertiary/aromatic N) is 5. The van der Waals surface area contributed by atoms with Crippen LogP contribution in [0.15, 0.2) is 73.3 Å². The van der Waals surface area contributed by atoms with Gasteiger partial charge in [0.2, 0.25) is 0 Å². The summed E-state index contributed by atoms with van der Waals surface area (Å²) >= 11 is 0. The Balaban J connectivity index is 1.49. The van der Waals surface area contributed by atoms with E-state index < -0.39 is 0 Å². The molecule has 34 heavy (non-hydrogen) atoms. The molecule has 0 radical (unpaired) electrons. The van der Waals surface area contributed by atoms with Crippen LogP contribution in [0, 0.1) is 5.82 Å². The van der Waals surface area contributed by atoms with Crippen molar-refractivity contribution in [3.63, 3.8) is 0 Å². The van der Waals surface area contributed by atoms with Gasteiger partial charge < -0.3 is 9.88 Å². The molecule has 6 aromatic rings. The van der Waals surface area contributed by atoms with E-state index in [9.17, 15) is 4.39 Å². The first-order valence-electron chi connectivity index (χ1n) is 10.8. The predicted molar refractivity (Wildman–Crippen MR) is 132 cm³/mol. The molecule has 1 aromatic carbocycles. The maximum absolute atomic E-state index is 14.5. The predicted octanol–water partition coefficient (Wildman–Crippen LogP) is 5.44. The number of rotatable bonds is 4. The fourth-order valence-corrected chi connectivity index (χ4v) is 4.13. The average molecular weight is 449 g/mol. The van der Waals surface area contributed by atoms with Gasteiger partial charge in [-0.2, -0.15) is 5.10 Å². The molecule has 0 atom stereocenters. The summed E-state index contributed by atoms with van der Waals surface area (Å²) in [5, 5.41) is 8.45. The van der Waals surface area contributed by atoms with Gasteiger partial charge >= 0.3 is 0 Å². The summed E-state index contributed by atoms with van der Waals surface area (Å²) in [6, 6.07) is 14.6. The molecular weight excluding hydrogens is 429 g/mol. The summed E-state index contributed by atoms with van der Waals surface area (Å²) in [5.74, 6) is -0.287. The normalized spacial score (nSPS) is 11.4. The summed E-state index contributed by atoms with van der Waals surface area (Å²) in [6.45, 7) is 0. The molecule has 0 saturated heterocycles. The molecule has 0 aliphatic carbocycles. The highest BCUT2D eigenvalue weighted by atomic mass is 19.1. The van der Waals surface area contributed by atoms with Gasteiger partial charge in [0, 0.05) is 48.6 Å². The Labute approximate surface area is 194 Å². The lowest BCUT2D eigenvalue weighted by molar-refractivity contribution is 0.631. The van der Waals surface area contributed by atoms with Crippen LogP contribution in [-0.4, -0.2) is 44.2 Å². The fourth-order valence-electron chi connectivity index (χ4n) is 4.13. The van der Waals surface area contributed by atoms with Crippen molar-refractivity contribution in [2.75, 3.05) is 19.0 Å². The summed E-state index contributed by atoms with van der Waals surface area (Å²) in [6.07, 6.45) is 7.03. The Morgan fingerprint density at radius 1 is 0.853 bits per heavy atom. The molecule has 0 aliphatic heterocycles. The summed E-state index contributed by atoms with van der Waals surface area (Å²) in [7, 11) is 3.96. The number of halogens is 1. The molecule has 2 N–H and O–H groups in total. The molecule has 8 heteroatoms. The Hall–Kier alpha value is -4.59. The van der Waals surface area contributed by atoms with Crippen LogP contribution in [0.5, 0.6) is 0 Å². The van der Waals surface area contributed by atoms with E-state index in [2.05, 4.69) is 31.2 Å². The SMILES string of the molecule is CN(C)c1cncc(-c2ccc3[nH]nc(-c4cc5c(-c6ccccc6F)cncc5[nH]4)c3n2)c1. The molecule has 0 amide bonds. The summed E-state index contributed by atoms with van der Waals surface area (Å²) < 4.78 is 14.5. The second-order valence-electron chi connectivity index (χ2n) is 8.30. The quantitative estimate of drug-likeness (QED) is 0.375. The largest absolute Gasteiger partial charge is 0.376 e. The van der Waals surface area contributed by atoms with Crippen LogP contribution in [0.3, 0.4) is 0 Å². The third-order valence-corrected chi connectivity index (χ3v) is 5.91. The molecule has 166 valence electrons. The molecule has 0 bridgehead atoms. The van der Waals surface area contributed by atoms with E-state index >= 15 is 0 Å². The number of hydrogen-bond donors (Lipinski definition) is 2. The third kappa shape index (κ3) is 3.27. The van der Waals surface area contributed by atoms with Crippen molar-refractivity contribution in [1.82, 2.24) is 30.1 Å². The zero-order valence-corrected chi connectivity index (χ0v) is 18.5. The van der Waals surface area contributed by atoms with Gasteiger partial charge in [0.1, 0.15) is 17.0 Å². The summed E-state index contributed by atoms with van der Waals surface area (Å²) in [5.41, 5.74) is 7.76. The number of fused-ring (bicyclic) bond motifs is 2. The zero-order chi connectivity index (χ0) is 23.2. The molecule has 5 heterocycles. The van der Waals surface area contributed by atoms with Crippen LogP contribution in [-0.2, 0) is 0 Å². The van der Waals surface area contributed by atoms with Crippen molar-refractivity contribution in [2.24, 2.45) is 0 Å². The van der Waals surface area contributed by atoms with Crippen molar-refractivity contribution in [3.05, 3.63) is 79.1 Å². The first-order valence-corrected chi connectivity index (χ1v) is 10.8. The summed E-state index contributed by atoms with van der Waals surface area (Å²) in [4.78, 5) is 18.9. The zero-order valence-electron chi connectivity index (χ0n) is 18.5. The molecule has 0 fully saturated rings. The average Bonchev–Trinajstić information content (AvgIpc) is 3.48. The number of hydrogen-bond acceptors (Lipinski definition) is 5. The number of nitrogens with one attached hydrogen (secondary N) is 2. The molecule has 0 aliphatic rings. The van der Waals surface area contributed by atoms with E-state index in [1.807, 2.05) is 49.5 Å². The van der Waals surface area contributed by atoms with Crippen LogP contribution in [0.25, 0.3) is 55.7 Å². The molecule has 5 aromatic heterocycles. The van der Waals surface area contributed by atoms with E-state index in [4.69, 9.17) is 4.98 Å².